The van der Waals surface area contributed by atoms with E-state index in [1.807, 2.05) is 12.1 Å². The topological polar surface area (TPSA) is 72.5 Å². The van der Waals surface area contributed by atoms with Gasteiger partial charge in [0.2, 0.25) is 5.91 Å². The van der Waals surface area contributed by atoms with Crippen LogP contribution in [0.4, 0.5) is 0 Å². The molecule has 5 nitrogen and oxygen atoms in total. The van der Waals surface area contributed by atoms with Crippen molar-refractivity contribution in [2.24, 2.45) is 0 Å². The molecule has 0 radical (unpaired) electrons. The van der Waals surface area contributed by atoms with Gasteiger partial charge in [-0.1, -0.05) is 18.2 Å². The van der Waals surface area contributed by atoms with Crippen molar-refractivity contribution in [2.45, 2.75) is 13.0 Å². The molecule has 0 bridgehead atoms. The average Bonchev–Trinajstić information content (AvgIpc) is 2.98. The minimum absolute atomic E-state index is 0.118. The summed E-state index contributed by atoms with van der Waals surface area (Å²) in [6.45, 7) is 0.325. The molecule has 1 N–H and O–H groups in total. The Balaban J connectivity index is 1.78. The van der Waals surface area contributed by atoms with Crippen molar-refractivity contribution >= 4 is 16.9 Å². The van der Waals surface area contributed by atoms with Gasteiger partial charge in [0.15, 0.2) is 0 Å². The SMILES string of the molecule is O=C(Cc1cc(=O)oc2ccccc12)NCc1ccco1. The number of nitrogens with one attached hydrogen (secondary N) is 1. The highest BCUT2D eigenvalue weighted by molar-refractivity contribution is 5.86. The van der Waals surface area contributed by atoms with Gasteiger partial charge in [0.1, 0.15) is 11.3 Å². The molecule has 106 valence electrons. The van der Waals surface area contributed by atoms with Crippen LogP contribution in [0.1, 0.15) is 11.3 Å². The maximum absolute atomic E-state index is 12.0. The molecule has 0 spiro atoms. The predicted octanol–water partition coefficient (Wildman–Crippen LogP) is 2.24. The third-order valence-corrected chi connectivity index (χ3v) is 3.13. The third-order valence-electron chi connectivity index (χ3n) is 3.13. The Morgan fingerprint density at radius 1 is 1.14 bits per heavy atom. The molecule has 0 unspecified atom stereocenters. The van der Waals surface area contributed by atoms with E-state index in [0.29, 0.717) is 23.5 Å². The summed E-state index contributed by atoms with van der Waals surface area (Å²) >= 11 is 0. The second kappa shape index (κ2) is 5.66. The average molecular weight is 283 g/mol. The molecule has 0 saturated carbocycles. The number of hydrogen-bond acceptors (Lipinski definition) is 4. The van der Waals surface area contributed by atoms with Crippen LogP contribution in [0.3, 0.4) is 0 Å². The number of rotatable bonds is 4. The molecule has 3 rings (SSSR count). The quantitative estimate of drug-likeness (QED) is 0.745. The van der Waals surface area contributed by atoms with Crippen LogP contribution in [0.15, 0.2) is 62.4 Å². The van der Waals surface area contributed by atoms with Crippen molar-refractivity contribution in [3.63, 3.8) is 0 Å². The molecule has 21 heavy (non-hydrogen) atoms. The minimum Gasteiger partial charge on any atom is -0.467 e. The van der Waals surface area contributed by atoms with E-state index in [0.717, 1.165) is 5.39 Å². The largest absolute Gasteiger partial charge is 0.467 e. The first-order chi connectivity index (χ1) is 10.2. The van der Waals surface area contributed by atoms with E-state index in [4.69, 9.17) is 8.83 Å². The fraction of sp³-hybridized carbons (Fsp3) is 0.125. The molecule has 5 heteroatoms. The zero-order valence-electron chi connectivity index (χ0n) is 11.2. The van der Waals surface area contributed by atoms with Crippen LogP contribution in [0.25, 0.3) is 11.0 Å². The van der Waals surface area contributed by atoms with Gasteiger partial charge >= 0.3 is 5.63 Å². The molecule has 3 aromatic rings. The smallest absolute Gasteiger partial charge is 0.336 e. The van der Waals surface area contributed by atoms with E-state index in [-0.39, 0.29) is 12.3 Å². The fourth-order valence-electron chi connectivity index (χ4n) is 2.16. The van der Waals surface area contributed by atoms with Gasteiger partial charge in [-0.3, -0.25) is 4.79 Å². The highest BCUT2D eigenvalue weighted by Crippen LogP contribution is 2.16. The molecule has 0 aliphatic rings. The molecule has 1 amide bonds. The summed E-state index contributed by atoms with van der Waals surface area (Å²) in [4.78, 5) is 23.5. The van der Waals surface area contributed by atoms with Gasteiger partial charge in [-0.25, -0.2) is 4.79 Å². The Hall–Kier alpha value is -2.82. The third kappa shape index (κ3) is 3.02. The van der Waals surface area contributed by atoms with Crippen molar-refractivity contribution < 1.29 is 13.6 Å². The number of hydrogen-bond donors (Lipinski definition) is 1. The summed E-state index contributed by atoms with van der Waals surface area (Å²) in [5.41, 5.74) is 0.681. The van der Waals surface area contributed by atoms with Crippen molar-refractivity contribution in [3.8, 4) is 0 Å². The Morgan fingerprint density at radius 3 is 2.81 bits per heavy atom. The number of furan rings is 1. The summed E-state index contributed by atoms with van der Waals surface area (Å²) in [6, 6.07) is 12.1. The van der Waals surface area contributed by atoms with Crippen LogP contribution in [-0.2, 0) is 17.8 Å². The van der Waals surface area contributed by atoms with Gasteiger partial charge in [0, 0.05) is 11.5 Å². The maximum Gasteiger partial charge on any atom is 0.336 e. The Bertz CT molecular complexity index is 818. The van der Waals surface area contributed by atoms with E-state index >= 15 is 0 Å². The Morgan fingerprint density at radius 2 is 2.00 bits per heavy atom. The van der Waals surface area contributed by atoms with Gasteiger partial charge in [-0.15, -0.1) is 0 Å². The summed E-state index contributed by atoms with van der Waals surface area (Å²) in [6.07, 6.45) is 1.67. The molecule has 1 aromatic carbocycles. The normalized spacial score (nSPS) is 10.7. The number of carbonyl (C=O) groups is 1. The highest BCUT2D eigenvalue weighted by atomic mass is 16.4. The summed E-state index contributed by atoms with van der Waals surface area (Å²) in [5.74, 6) is 0.503. The molecule has 2 aromatic heterocycles. The van der Waals surface area contributed by atoms with E-state index in [1.165, 1.54) is 6.07 Å². The van der Waals surface area contributed by atoms with E-state index < -0.39 is 5.63 Å². The lowest BCUT2D eigenvalue weighted by atomic mass is 10.1. The summed E-state index contributed by atoms with van der Waals surface area (Å²) in [5, 5.41) is 3.52. The fourth-order valence-corrected chi connectivity index (χ4v) is 2.16. The van der Waals surface area contributed by atoms with Crippen LogP contribution in [-0.4, -0.2) is 5.91 Å². The Labute approximate surface area is 120 Å². The lowest BCUT2D eigenvalue weighted by molar-refractivity contribution is -0.120. The van der Waals surface area contributed by atoms with Crippen LogP contribution in [0, 0.1) is 0 Å². The van der Waals surface area contributed by atoms with Gasteiger partial charge in [0.05, 0.1) is 19.2 Å². The van der Waals surface area contributed by atoms with E-state index in [1.54, 1.807) is 30.5 Å². The van der Waals surface area contributed by atoms with E-state index in [9.17, 15) is 9.59 Å². The number of benzene rings is 1. The zero-order valence-corrected chi connectivity index (χ0v) is 11.2. The first-order valence-corrected chi connectivity index (χ1v) is 6.53. The lowest BCUT2D eigenvalue weighted by Gasteiger charge is -2.06. The van der Waals surface area contributed by atoms with Crippen LogP contribution >= 0.6 is 0 Å². The van der Waals surface area contributed by atoms with Crippen molar-refractivity contribution in [3.05, 3.63) is 70.5 Å². The van der Waals surface area contributed by atoms with Gasteiger partial charge < -0.3 is 14.2 Å². The molecule has 2 heterocycles. The van der Waals surface area contributed by atoms with Crippen LogP contribution < -0.4 is 10.9 Å². The van der Waals surface area contributed by atoms with Gasteiger partial charge in [-0.2, -0.15) is 0 Å². The number of para-hydroxylation sites is 1. The molecule has 0 atom stereocenters. The molecular weight excluding hydrogens is 270 g/mol. The minimum atomic E-state index is -0.456. The maximum atomic E-state index is 12.0. The molecule has 0 aliphatic heterocycles. The van der Waals surface area contributed by atoms with E-state index in [2.05, 4.69) is 5.32 Å². The van der Waals surface area contributed by atoms with Crippen molar-refractivity contribution in [2.75, 3.05) is 0 Å². The second-order valence-corrected chi connectivity index (χ2v) is 4.62. The van der Waals surface area contributed by atoms with Crippen LogP contribution in [0.5, 0.6) is 0 Å². The van der Waals surface area contributed by atoms with Crippen LogP contribution in [0.2, 0.25) is 0 Å². The first-order valence-electron chi connectivity index (χ1n) is 6.53. The molecule has 0 fully saturated rings. The number of fused-ring (bicyclic) bond motifs is 1. The predicted molar refractivity (Wildman–Crippen MR) is 76.7 cm³/mol. The zero-order chi connectivity index (χ0) is 14.7. The molecular formula is C16H13NO4. The van der Waals surface area contributed by atoms with Gasteiger partial charge in [0.25, 0.3) is 0 Å². The molecule has 0 aliphatic carbocycles. The second-order valence-electron chi connectivity index (χ2n) is 4.62. The van der Waals surface area contributed by atoms with Gasteiger partial charge in [-0.05, 0) is 23.8 Å². The lowest BCUT2D eigenvalue weighted by Crippen LogP contribution is -2.24. The number of amides is 1. The standard InChI is InChI=1S/C16H13NO4/c18-15(17-10-12-4-3-7-20-12)8-11-9-16(19)21-14-6-2-1-5-13(11)14/h1-7,9H,8,10H2,(H,17,18). The summed E-state index contributed by atoms with van der Waals surface area (Å²) in [7, 11) is 0. The molecule has 0 saturated heterocycles. The number of carbonyl (C=O) groups excluding carboxylic acids is 1. The Kier molecular flexibility index (Phi) is 3.55. The van der Waals surface area contributed by atoms with Crippen molar-refractivity contribution in [1.82, 2.24) is 5.32 Å². The summed E-state index contributed by atoms with van der Waals surface area (Å²) < 4.78 is 10.2. The van der Waals surface area contributed by atoms with Crippen molar-refractivity contribution in [1.29, 1.82) is 0 Å². The first kappa shape index (κ1) is 13.2. The monoisotopic (exact) mass is 283 g/mol. The highest BCUT2D eigenvalue weighted by Gasteiger charge is 2.10.